The van der Waals surface area contributed by atoms with Crippen LogP contribution in [0.5, 0.6) is 5.75 Å². The average Bonchev–Trinajstić information content (AvgIpc) is 3.11. The summed E-state index contributed by atoms with van der Waals surface area (Å²) in [4.78, 5) is 17.1. The Hall–Kier alpha value is -3.48. The molecular weight excluding hydrogens is 342 g/mol. The smallest absolute Gasteiger partial charge is 0.283 e. The molecule has 0 amide bonds. The quantitative estimate of drug-likeness (QED) is 0.546. The van der Waals surface area contributed by atoms with Crippen molar-refractivity contribution in [3.05, 3.63) is 76.3 Å². The van der Waals surface area contributed by atoms with Gasteiger partial charge >= 0.3 is 0 Å². The molecule has 4 aromatic rings. The van der Waals surface area contributed by atoms with Crippen LogP contribution < -0.4 is 10.3 Å². The predicted octanol–water partition coefficient (Wildman–Crippen LogP) is 2.67. The van der Waals surface area contributed by atoms with Crippen LogP contribution in [-0.4, -0.2) is 31.2 Å². The van der Waals surface area contributed by atoms with Crippen LogP contribution >= 0.6 is 0 Å². The van der Waals surface area contributed by atoms with Gasteiger partial charge < -0.3 is 4.74 Å². The van der Waals surface area contributed by atoms with Gasteiger partial charge in [0.2, 0.25) is 0 Å². The number of para-hydroxylation sites is 2. The minimum atomic E-state index is -0.229. The first-order valence-electron chi connectivity index (χ1n) is 8.70. The zero-order chi connectivity index (χ0) is 18.8. The van der Waals surface area contributed by atoms with Gasteiger partial charge in [-0.25, -0.2) is 4.98 Å². The molecule has 136 valence electrons. The van der Waals surface area contributed by atoms with Gasteiger partial charge in [-0.2, -0.15) is 4.68 Å². The fourth-order valence-electron chi connectivity index (χ4n) is 3.02. The summed E-state index contributed by atoms with van der Waals surface area (Å²) in [7, 11) is 0. The summed E-state index contributed by atoms with van der Waals surface area (Å²) < 4.78 is 8.95. The molecule has 0 unspecified atom stereocenters. The molecular formula is C20H19N5O2. The zero-order valence-corrected chi connectivity index (χ0v) is 15.2. The standard InChI is InChI=1S/C20H19N5O2/c1-14-7-6-8-15(2)18(14)27-12-11-24-13-21-19-17(20(24)26)22-23-25(19)16-9-4-3-5-10-16/h3-10,13H,11-12H2,1-2H3. The van der Waals surface area contributed by atoms with Crippen LogP contribution in [0.25, 0.3) is 16.9 Å². The van der Waals surface area contributed by atoms with Crippen molar-refractivity contribution in [2.24, 2.45) is 0 Å². The Bertz CT molecular complexity index is 1130. The van der Waals surface area contributed by atoms with Crippen LogP contribution in [0, 0.1) is 13.8 Å². The van der Waals surface area contributed by atoms with E-state index in [9.17, 15) is 4.79 Å². The molecule has 0 spiro atoms. The number of fused-ring (bicyclic) bond motifs is 1. The second kappa shape index (κ2) is 7.03. The van der Waals surface area contributed by atoms with Crippen LogP contribution in [0.15, 0.2) is 59.7 Å². The summed E-state index contributed by atoms with van der Waals surface area (Å²) in [6.45, 7) is 4.76. The minimum Gasteiger partial charge on any atom is -0.491 e. The number of ether oxygens (including phenoxy) is 1. The SMILES string of the molecule is Cc1cccc(C)c1OCCn1cnc2c(nnn2-c2ccccc2)c1=O. The summed E-state index contributed by atoms with van der Waals surface area (Å²) in [5.41, 5.74) is 3.41. The molecule has 0 aliphatic rings. The number of hydrogen-bond donors (Lipinski definition) is 0. The Morgan fingerprint density at radius 1 is 1.00 bits per heavy atom. The van der Waals surface area contributed by atoms with Gasteiger partial charge in [0.05, 0.1) is 12.2 Å². The number of nitrogens with zero attached hydrogens (tertiary/aromatic N) is 5. The topological polar surface area (TPSA) is 74.8 Å². The lowest BCUT2D eigenvalue weighted by atomic mass is 10.1. The largest absolute Gasteiger partial charge is 0.491 e. The van der Waals surface area contributed by atoms with Gasteiger partial charge in [-0.1, -0.05) is 41.6 Å². The molecule has 0 saturated heterocycles. The lowest BCUT2D eigenvalue weighted by Gasteiger charge is -2.12. The molecule has 4 rings (SSSR count). The van der Waals surface area contributed by atoms with E-state index in [1.165, 1.54) is 10.9 Å². The van der Waals surface area contributed by atoms with Crippen molar-refractivity contribution < 1.29 is 4.74 Å². The molecule has 2 aromatic carbocycles. The Kier molecular flexibility index (Phi) is 4.42. The highest BCUT2D eigenvalue weighted by Gasteiger charge is 2.13. The van der Waals surface area contributed by atoms with Crippen molar-refractivity contribution in [2.45, 2.75) is 20.4 Å². The second-order valence-corrected chi connectivity index (χ2v) is 6.32. The van der Waals surface area contributed by atoms with Gasteiger partial charge in [0.1, 0.15) is 18.7 Å². The molecule has 0 saturated carbocycles. The van der Waals surface area contributed by atoms with E-state index in [4.69, 9.17) is 4.74 Å². The molecule has 2 aromatic heterocycles. The average molecular weight is 361 g/mol. The van der Waals surface area contributed by atoms with E-state index in [2.05, 4.69) is 15.3 Å². The molecule has 2 heterocycles. The lowest BCUT2D eigenvalue weighted by Crippen LogP contribution is -2.24. The second-order valence-electron chi connectivity index (χ2n) is 6.32. The van der Waals surface area contributed by atoms with Gasteiger partial charge in [0.15, 0.2) is 11.2 Å². The lowest BCUT2D eigenvalue weighted by molar-refractivity contribution is 0.292. The first-order chi connectivity index (χ1) is 13.1. The summed E-state index contributed by atoms with van der Waals surface area (Å²) in [5.74, 6) is 0.856. The van der Waals surface area contributed by atoms with Gasteiger partial charge in [0.25, 0.3) is 5.56 Å². The highest BCUT2D eigenvalue weighted by Crippen LogP contribution is 2.22. The first kappa shape index (κ1) is 17.0. The van der Waals surface area contributed by atoms with Crippen molar-refractivity contribution in [1.82, 2.24) is 24.5 Å². The van der Waals surface area contributed by atoms with Crippen LogP contribution in [0.1, 0.15) is 11.1 Å². The molecule has 7 nitrogen and oxygen atoms in total. The van der Waals surface area contributed by atoms with Gasteiger partial charge in [-0.15, -0.1) is 5.10 Å². The fraction of sp³-hybridized carbons (Fsp3) is 0.200. The van der Waals surface area contributed by atoms with E-state index in [1.807, 2.05) is 62.4 Å². The third kappa shape index (κ3) is 3.19. The maximum Gasteiger partial charge on any atom is 0.283 e. The normalized spacial score (nSPS) is 11.0. The minimum absolute atomic E-state index is 0.229. The summed E-state index contributed by atoms with van der Waals surface area (Å²) >= 11 is 0. The van der Waals surface area contributed by atoms with Crippen molar-refractivity contribution in [3.8, 4) is 11.4 Å². The molecule has 0 aliphatic heterocycles. The Labute approximate surface area is 155 Å². The number of benzene rings is 2. The van der Waals surface area contributed by atoms with Crippen molar-refractivity contribution in [1.29, 1.82) is 0 Å². The van der Waals surface area contributed by atoms with Crippen LogP contribution in [0.2, 0.25) is 0 Å². The predicted molar refractivity (Wildman–Crippen MR) is 102 cm³/mol. The molecule has 7 heteroatoms. The highest BCUT2D eigenvalue weighted by molar-refractivity contribution is 5.70. The van der Waals surface area contributed by atoms with Crippen LogP contribution in [-0.2, 0) is 6.54 Å². The van der Waals surface area contributed by atoms with Crippen molar-refractivity contribution in [2.75, 3.05) is 6.61 Å². The summed E-state index contributed by atoms with van der Waals surface area (Å²) in [6.07, 6.45) is 1.52. The number of rotatable bonds is 5. The van der Waals surface area contributed by atoms with Crippen LogP contribution in [0.4, 0.5) is 0 Å². The van der Waals surface area contributed by atoms with Crippen molar-refractivity contribution in [3.63, 3.8) is 0 Å². The third-order valence-corrected chi connectivity index (χ3v) is 4.42. The third-order valence-electron chi connectivity index (χ3n) is 4.42. The maximum atomic E-state index is 12.7. The van der Waals surface area contributed by atoms with Crippen LogP contribution in [0.3, 0.4) is 0 Å². The van der Waals surface area contributed by atoms with E-state index >= 15 is 0 Å². The zero-order valence-electron chi connectivity index (χ0n) is 15.2. The molecule has 27 heavy (non-hydrogen) atoms. The Balaban J connectivity index is 1.57. The molecule has 0 aliphatic carbocycles. The van der Waals surface area contributed by atoms with Gasteiger partial charge in [-0.3, -0.25) is 9.36 Å². The van der Waals surface area contributed by atoms with Crippen molar-refractivity contribution >= 4 is 11.2 Å². The summed E-state index contributed by atoms with van der Waals surface area (Å²) in [5, 5.41) is 8.10. The number of aromatic nitrogens is 5. The first-order valence-corrected chi connectivity index (χ1v) is 8.70. The monoisotopic (exact) mass is 361 g/mol. The van der Waals surface area contributed by atoms with Gasteiger partial charge in [0, 0.05) is 0 Å². The van der Waals surface area contributed by atoms with E-state index in [0.29, 0.717) is 18.8 Å². The van der Waals surface area contributed by atoms with Gasteiger partial charge in [-0.05, 0) is 37.1 Å². The van der Waals surface area contributed by atoms with E-state index in [1.54, 1.807) is 4.68 Å². The number of aryl methyl sites for hydroxylation is 2. The van der Waals surface area contributed by atoms with E-state index in [-0.39, 0.29) is 11.1 Å². The Morgan fingerprint density at radius 2 is 1.74 bits per heavy atom. The highest BCUT2D eigenvalue weighted by atomic mass is 16.5. The molecule has 0 radical (unpaired) electrons. The number of hydrogen-bond acceptors (Lipinski definition) is 5. The summed E-state index contributed by atoms with van der Waals surface area (Å²) in [6, 6.07) is 15.5. The molecule has 0 bridgehead atoms. The maximum absolute atomic E-state index is 12.7. The molecule has 0 N–H and O–H groups in total. The van der Waals surface area contributed by atoms with E-state index in [0.717, 1.165) is 22.6 Å². The fourth-order valence-corrected chi connectivity index (χ4v) is 3.02. The molecule has 0 fully saturated rings. The Morgan fingerprint density at radius 3 is 2.48 bits per heavy atom. The van der Waals surface area contributed by atoms with E-state index < -0.39 is 0 Å². The molecule has 0 atom stereocenters.